The van der Waals surface area contributed by atoms with Gasteiger partial charge in [0.05, 0.1) is 16.8 Å². The number of nitrogens with zero attached hydrogens (tertiary/aromatic N) is 2. The van der Waals surface area contributed by atoms with Crippen molar-refractivity contribution < 1.29 is 4.79 Å². The van der Waals surface area contributed by atoms with Gasteiger partial charge in [0.15, 0.2) is 5.16 Å². The van der Waals surface area contributed by atoms with Crippen LogP contribution in [0.25, 0.3) is 11.0 Å². The number of benzene rings is 2. The lowest BCUT2D eigenvalue weighted by Crippen LogP contribution is -2.37. The molecule has 0 aliphatic rings. The Morgan fingerprint density at radius 2 is 1.81 bits per heavy atom. The van der Waals surface area contributed by atoms with Gasteiger partial charge in [-0.2, -0.15) is 0 Å². The highest BCUT2D eigenvalue weighted by molar-refractivity contribution is 7.99. The third-order valence-electron chi connectivity index (χ3n) is 4.55. The molecule has 136 valence electrons. The molecule has 0 aliphatic heterocycles. The van der Waals surface area contributed by atoms with Gasteiger partial charge in [-0.25, -0.2) is 4.98 Å². The summed E-state index contributed by atoms with van der Waals surface area (Å²) in [5, 5.41) is 3.96. The smallest absolute Gasteiger partial charge is 0.230 e. The van der Waals surface area contributed by atoms with Crippen LogP contribution in [0.15, 0.2) is 59.8 Å². The molecule has 0 saturated carbocycles. The normalized spacial score (nSPS) is 11.7. The number of rotatable bonds is 7. The molecule has 3 rings (SSSR count). The van der Waals surface area contributed by atoms with Crippen molar-refractivity contribution in [1.82, 2.24) is 14.9 Å². The van der Waals surface area contributed by atoms with E-state index in [2.05, 4.69) is 53.8 Å². The minimum Gasteiger partial charge on any atom is -0.355 e. The van der Waals surface area contributed by atoms with Crippen LogP contribution in [-0.4, -0.2) is 27.8 Å². The van der Waals surface area contributed by atoms with Gasteiger partial charge < -0.3 is 9.88 Å². The van der Waals surface area contributed by atoms with Crippen molar-refractivity contribution in [3.05, 3.63) is 60.2 Å². The molecule has 1 heterocycles. The summed E-state index contributed by atoms with van der Waals surface area (Å²) in [6.07, 6.45) is 0. The lowest BCUT2D eigenvalue weighted by molar-refractivity contribution is -0.118. The molecule has 0 saturated heterocycles. The highest BCUT2D eigenvalue weighted by Gasteiger charge is 2.21. The van der Waals surface area contributed by atoms with Crippen LogP contribution in [0.3, 0.4) is 0 Å². The summed E-state index contributed by atoms with van der Waals surface area (Å²) >= 11 is 1.49. The summed E-state index contributed by atoms with van der Waals surface area (Å²) in [7, 11) is 0. The van der Waals surface area contributed by atoms with E-state index in [9.17, 15) is 4.79 Å². The molecule has 1 aromatic heterocycles. The highest BCUT2D eigenvalue weighted by Crippen LogP contribution is 2.24. The molecule has 0 unspecified atom stereocenters. The quantitative estimate of drug-likeness (QED) is 0.635. The number of fused-ring (bicyclic) bond motifs is 1. The third kappa shape index (κ3) is 4.10. The molecule has 0 radical (unpaired) electrons. The van der Waals surface area contributed by atoms with Crippen molar-refractivity contribution in [3.8, 4) is 0 Å². The van der Waals surface area contributed by atoms with Gasteiger partial charge >= 0.3 is 0 Å². The van der Waals surface area contributed by atoms with Gasteiger partial charge in [-0.1, -0.05) is 68.1 Å². The maximum absolute atomic E-state index is 12.3. The summed E-state index contributed by atoms with van der Waals surface area (Å²) in [4.78, 5) is 17.0. The zero-order chi connectivity index (χ0) is 18.6. The molecule has 1 amide bonds. The molecular weight excluding hydrogens is 342 g/mol. The van der Waals surface area contributed by atoms with Gasteiger partial charge in [-0.15, -0.1) is 0 Å². The fraction of sp³-hybridized carbons (Fsp3) is 0.333. The molecule has 5 heteroatoms. The van der Waals surface area contributed by atoms with Crippen LogP contribution in [0.2, 0.25) is 0 Å². The van der Waals surface area contributed by atoms with Crippen molar-refractivity contribution in [2.24, 2.45) is 0 Å². The molecule has 0 bridgehead atoms. The van der Waals surface area contributed by atoms with Gasteiger partial charge in [-0.3, -0.25) is 4.79 Å². The summed E-state index contributed by atoms with van der Waals surface area (Å²) < 4.78 is 2.15. The Kier molecular flexibility index (Phi) is 5.67. The third-order valence-corrected chi connectivity index (χ3v) is 5.53. The first-order valence-corrected chi connectivity index (χ1v) is 9.90. The van der Waals surface area contributed by atoms with Gasteiger partial charge in [-0.05, 0) is 24.6 Å². The number of carbonyl (C=O) groups is 1. The molecule has 2 aromatic carbocycles. The van der Waals surface area contributed by atoms with Crippen LogP contribution in [0.5, 0.6) is 0 Å². The van der Waals surface area contributed by atoms with Crippen LogP contribution < -0.4 is 5.32 Å². The number of amides is 1. The molecule has 3 aromatic rings. The predicted octanol–water partition coefficient (Wildman–Crippen LogP) is 4.24. The first-order valence-electron chi connectivity index (χ1n) is 8.91. The highest BCUT2D eigenvalue weighted by atomic mass is 32.2. The number of imidazole rings is 1. The Hall–Kier alpha value is -2.27. The zero-order valence-corrected chi connectivity index (χ0v) is 16.3. The maximum Gasteiger partial charge on any atom is 0.230 e. The van der Waals surface area contributed by atoms with E-state index in [-0.39, 0.29) is 11.3 Å². The summed E-state index contributed by atoms with van der Waals surface area (Å²) in [5.41, 5.74) is 3.21. The van der Waals surface area contributed by atoms with E-state index in [0.29, 0.717) is 12.3 Å². The van der Waals surface area contributed by atoms with Crippen molar-refractivity contribution in [1.29, 1.82) is 0 Å². The minimum atomic E-state index is -0.0991. The van der Waals surface area contributed by atoms with Gasteiger partial charge in [0.25, 0.3) is 0 Å². The molecule has 1 N–H and O–H groups in total. The molecule has 4 nitrogen and oxygen atoms in total. The second-order valence-corrected chi connectivity index (χ2v) is 7.89. The predicted molar refractivity (Wildman–Crippen MR) is 109 cm³/mol. The number of aryl methyl sites for hydroxylation is 1. The number of hydrogen-bond acceptors (Lipinski definition) is 3. The standard InChI is InChI=1S/C21H25N3OS/c1-4-24-18-13-9-8-12-17(18)23-20(24)26-14-19(25)22-15-21(2,3)16-10-6-5-7-11-16/h5-13H,4,14-15H2,1-3H3,(H,22,25). The second kappa shape index (κ2) is 7.96. The van der Waals surface area contributed by atoms with Crippen LogP contribution in [-0.2, 0) is 16.8 Å². The second-order valence-electron chi connectivity index (χ2n) is 6.94. The lowest BCUT2D eigenvalue weighted by atomic mass is 9.85. The minimum absolute atomic E-state index is 0.0358. The van der Waals surface area contributed by atoms with Gasteiger partial charge in [0, 0.05) is 18.5 Å². The average Bonchev–Trinajstić information content (AvgIpc) is 3.03. The SMILES string of the molecule is CCn1c(SCC(=O)NCC(C)(C)c2ccccc2)nc2ccccc21. The van der Waals surface area contributed by atoms with Crippen LogP contribution in [0, 0.1) is 0 Å². The molecule has 0 atom stereocenters. The van der Waals surface area contributed by atoms with E-state index >= 15 is 0 Å². The molecule has 26 heavy (non-hydrogen) atoms. The number of nitrogens with one attached hydrogen (secondary N) is 1. The Morgan fingerprint density at radius 3 is 2.54 bits per heavy atom. The van der Waals surface area contributed by atoms with E-state index in [4.69, 9.17) is 0 Å². The molecule has 0 spiro atoms. The monoisotopic (exact) mass is 367 g/mol. The number of carbonyl (C=O) groups excluding carboxylic acids is 1. The topological polar surface area (TPSA) is 46.9 Å². The van der Waals surface area contributed by atoms with E-state index < -0.39 is 0 Å². The Bertz CT molecular complexity index is 887. The van der Waals surface area contributed by atoms with Crippen molar-refractivity contribution in [2.75, 3.05) is 12.3 Å². The van der Waals surface area contributed by atoms with E-state index in [0.717, 1.165) is 22.7 Å². The fourth-order valence-corrected chi connectivity index (χ4v) is 3.87. The van der Waals surface area contributed by atoms with Crippen molar-refractivity contribution >= 4 is 28.7 Å². The van der Waals surface area contributed by atoms with Crippen LogP contribution >= 0.6 is 11.8 Å². The van der Waals surface area contributed by atoms with Crippen LogP contribution in [0.1, 0.15) is 26.3 Å². The zero-order valence-electron chi connectivity index (χ0n) is 15.5. The van der Waals surface area contributed by atoms with Crippen molar-refractivity contribution in [2.45, 2.75) is 37.9 Å². The van der Waals surface area contributed by atoms with Gasteiger partial charge in [0.2, 0.25) is 5.91 Å². The first kappa shape index (κ1) is 18.5. The van der Waals surface area contributed by atoms with E-state index in [1.165, 1.54) is 17.3 Å². The number of thioether (sulfide) groups is 1. The van der Waals surface area contributed by atoms with E-state index in [1.807, 2.05) is 36.4 Å². The Balaban J connectivity index is 1.59. The lowest BCUT2D eigenvalue weighted by Gasteiger charge is -2.25. The van der Waals surface area contributed by atoms with Gasteiger partial charge in [0.1, 0.15) is 0 Å². The summed E-state index contributed by atoms with van der Waals surface area (Å²) in [6, 6.07) is 18.4. The Labute approximate surface area is 159 Å². The number of hydrogen-bond donors (Lipinski definition) is 1. The fourth-order valence-electron chi connectivity index (χ4n) is 2.96. The van der Waals surface area contributed by atoms with Crippen LogP contribution in [0.4, 0.5) is 0 Å². The molecular formula is C21H25N3OS. The Morgan fingerprint density at radius 1 is 1.12 bits per heavy atom. The molecule has 0 aliphatic carbocycles. The van der Waals surface area contributed by atoms with E-state index in [1.54, 1.807) is 0 Å². The largest absolute Gasteiger partial charge is 0.355 e. The summed E-state index contributed by atoms with van der Waals surface area (Å²) in [6.45, 7) is 7.84. The number of aromatic nitrogens is 2. The average molecular weight is 368 g/mol. The molecule has 0 fully saturated rings. The van der Waals surface area contributed by atoms with Crippen molar-refractivity contribution in [3.63, 3.8) is 0 Å². The first-order chi connectivity index (χ1) is 12.5. The maximum atomic E-state index is 12.3. The summed E-state index contributed by atoms with van der Waals surface area (Å²) in [5.74, 6) is 0.405. The number of para-hydroxylation sites is 2.